The van der Waals surface area contributed by atoms with Gasteiger partial charge >= 0.3 is 0 Å². The highest BCUT2D eigenvalue weighted by atomic mass is 16.7. The second-order valence-corrected chi connectivity index (χ2v) is 6.12. The van der Waals surface area contributed by atoms with Gasteiger partial charge in [-0.15, -0.1) is 0 Å². The third-order valence-electron chi connectivity index (χ3n) is 4.10. The highest BCUT2D eigenvalue weighted by molar-refractivity contribution is 6.10. The molecule has 0 unspecified atom stereocenters. The minimum atomic E-state index is -0.482. The molecule has 1 aliphatic heterocycles. The summed E-state index contributed by atoms with van der Waals surface area (Å²) in [5, 5.41) is 12.3. The van der Waals surface area contributed by atoms with Crippen LogP contribution in [-0.2, 0) is 4.79 Å². The fourth-order valence-electron chi connectivity index (χ4n) is 2.78. The molecule has 6 heteroatoms. The van der Waals surface area contributed by atoms with Crippen LogP contribution in [0.25, 0.3) is 6.08 Å². The minimum absolute atomic E-state index is 0.0326. The van der Waals surface area contributed by atoms with Gasteiger partial charge in [-0.05, 0) is 44.5 Å². The molecule has 0 saturated carbocycles. The zero-order valence-corrected chi connectivity index (χ0v) is 15.5. The predicted molar refractivity (Wildman–Crippen MR) is 102 cm³/mol. The molecule has 0 spiro atoms. The van der Waals surface area contributed by atoms with Gasteiger partial charge in [-0.25, -0.2) is 0 Å². The lowest BCUT2D eigenvalue weighted by Crippen LogP contribution is -2.14. The number of amides is 1. The van der Waals surface area contributed by atoms with Gasteiger partial charge in [0.2, 0.25) is 6.79 Å². The van der Waals surface area contributed by atoms with Crippen molar-refractivity contribution in [3.05, 3.63) is 52.6 Å². The number of rotatable bonds is 5. The number of nitriles is 1. The Balaban J connectivity index is 1.92. The van der Waals surface area contributed by atoms with Crippen LogP contribution in [0, 0.1) is 25.2 Å². The Morgan fingerprint density at radius 2 is 2.00 bits per heavy atom. The summed E-state index contributed by atoms with van der Waals surface area (Å²) in [6, 6.07) is 11.1. The van der Waals surface area contributed by atoms with Gasteiger partial charge in [0.15, 0.2) is 11.5 Å². The van der Waals surface area contributed by atoms with Crippen LogP contribution in [0.1, 0.15) is 23.6 Å². The highest BCUT2D eigenvalue weighted by Crippen LogP contribution is 2.39. The van der Waals surface area contributed by atoms with Crippen molar-refractivity contribution in [2.24, 2.45) is 0 Å². The largest absolute Gasteiger partial charge is 0.493 e. The maximum Gasteiger partial charge on any atom is 0.266 e. The lowest BCUT2D eigenvalue weighted by molar-refractivity contribution is -0.112. The van der Waals surface area contributed by atoms with Crippen molar-refractivity contribution < 1.29 is 19.0 Å². The summed E-state index contributed by atoms with van der Waals surface area (Å²) in [4.78, 5) is 12.6. The first-order valence-corrected chi connectivity index (χ1v) is 8.58. The Morgan fingerprint density at radius 1 is 1.26 bits per heavy atom. The molecule has 138 valence electrons. The second kappa shape index (κ2) is 7.83. The molecule has 6 nitrogen and oxygen atoms in total. The fourth-order valence-corrected chi connectivity index (χ4v) is 2.78. The van der Waals surface area contributed by atoms with Crippen molar-refractivity contribution in [2.45, 2.75) is 20.8 Å². The van der Waals surface area contributed by atoms with E-state index in [9.17, 15) is 10.1 Å². The average molecular weight is 364 g/mol. The SMILES string of the molecule is CCOc1cc2c(cc1/C=C(\C#N)C(=O)Nc1ccc(C)cc1C)OCO2. The first-order chi connectivity index (χ1) is 13.0. The van der Waals surface area contributed by atoms with Gasteiger partial charge in [-0.1, -0.05) is 17.7 Å². The lowest BCUT2D eigenvalue weighted by Gasteiger charge is -2.10. The van der Waals surface area contributed by atoms with Gasteiger partial charge in [0.1, 0.15) is 17.4 Å². The van der Waals surface area contributed by atoms with E-state index in [1.807, 2.05) is 45.0 Å². The van der Waals surface area contributed by atoms with Gasteiger partial charge < -0.3 is 19.5 Å². The Bertz CT molecular complexity index is 957. The van der Waals surface area contributed by atoms with E-state index in [1.165, 1.54) is 6.08 Å². The molecule has 0 aliphatic carbocycles. The molecule has 0 bridgehead atoms. The third kappa shape index (κ3) is 4.04. The summed E-state index contributed by atoms with van der Waals surface area (Å²) in [5.41, 5.74) is 3.24. The predicted octanol–water partition coefficient (Wildman–Crippen LogP) is 3.98. The molecule has 27 heavy (non-hydrogen) atoms. The maximum atomic E-state index is 12.6. The van der Waals surface area contributed by atoms with Crippen molar-refractivity contribution in [1.29, 1.82) is 5.26 Å². The summed E-state index contributed by atoms with van der Waals surface area (Å²) in [6.07, 6.45) is 1.49. The van der Waals surface area contributed by atoms with E-state index in [4.69, 9.17) is 14.2 Å². The number of carbonyl (C=O) groups excluding carboxylic acids is 1. The molecule has 0 radical (unpaired) electrons. The number of carbonyl (C=O) groups is 1. The molecule has 2 aromatic carbocycles. The number of nitrogens with one attached hydrogen (secondary N) is 1. The van der Waals surface area contributed by atoms with Crippen molar-refractivity contribution in [1.82, 2.24) is 0 Å². The number of anilines is 1. The van der Waals surface area contributed by atoms with Crippen LogP contribution in [0.2, 0.25) is 0 Å². The summed E-state index contributed by atoms with van der Waals surface area (Å²) in [7, 11) is 0. The van der Waals surface area contributed by atoms with Crippen LogP contribution in [-0.4, -0.2) is 19.3 Å². The van der Waals surface area contributed by atoms with Crippen molar-refractivity contribution in [3.8, 4) is 23.3 Å². The van der Waals surface area contributed by atoms with Crippen molar-refractivity contribution >= 4 is 17.7 Å². The standard InChI is InChI=1S/C21H20N2O4/c1-4-25-18-10-20-19(26-12-27-20)9-15(18)8-16(11-22)21(24)23-17-6-5-13(2)7-14(17)3/h5-10H,4,12H2,1-3H3,(H,23,24)/b16-8+. The van der Waals surface area contributed by atoms with Crippen LogP contribution < -0.4 is 19.5 Å². The number of hydrogen-bond acceptors (Lipinski definition) is 5. The van der Waals surface area contributed by atoms with E-state index < -0.39 is 5.91 Å². The van der Waals surface area contributed by atoms with E-state index in [-0.39, 0.29) is 12.4 Å². The summed E-state index contributed by atoms with van der Waals surface area (Å²) in [5.74, 6) is 1.17. The molecule has 1 N–H and O–H groups in total. The normalized spacial score (nSPS) is 12.4. The Labute approximate surface area is 158 Å². The number of ether oxygens (including phenoxy) is 3. The number of fused-ring (bicyclic) bond motifs is 1. The topological polar surface area (TPSA) is 80.6 Å². The molecule has 1 heterocycles. The minimum Gasteiger partial charge on any atom is -0.493 e. The van der Waals surface area contributed by atoms with Crippen LogP contribution in [0.4, 0.5) is 5.69 Å². The smallest absolute Gasteiger partial charge is 0.266 e. The zero-order valence-electron chi connectivity index (χ0n) is 15.5. The maximum absolute atomic E-state index is 12.6. The zero-order chi connectivity index (χ0) is 19.4. The quantitative estimate of drug-likeness (QED) is 0.641. The summed E-state index contributed by atoms with van der Waals surface area (Å²) < 4.78 is 16.4. The molecule has 1 aliphatic rings. The van der Waals surface area contributed by atoms with E-state index in [1.54, 1.807) is 12.1 Å². The number of nitrogens with zero attached hydrogens (tertiary/aromatic N) is 1. The summed E-state index contributed by atoms with van der Waals surface area (Å²) >= 11 is 0. The molecule has 0 fully saturated rings. The highest BCUT2D eigenvalue weighted by Gasteiger charge is 2.19. The first kappa shape index (κ1) is 18.3. The molecule has 3 rings (SSSR count). The lowest BCUT2D eigenvalue weighted by atomic mass is 10.1. The van der Waals surface area contributed by atoms with Gasteiger partial charge in [0, 0.05) is 17.3 Å². The summed E-state index contributed by atoms with van der Waals surface area (Å²) in [6.45, 7) is 6.32. The Morgan fingerprint density at radius 3 is 2.67 bits per heavy atom. The van der Waals surface area contributed by atoms with E-state index in [0.717, 1.165) is 11.1 Å². The van der Waals surface area contributed by atoms with Crippen LogP contribution in [0.5, 0.6) is 17.2 Å². The molecule has 0 saturated heterocycles. The molecular weight excluding hydrogens is 344 g/mol. The molecule has 2 aromatic rings. The molecule has 0 aromatic heterocycles. The Hall–Kier alpha value is -3.46. The molecular formula is C21H20N2O4. The third-order valence-corrected chi connectivity index (χ3v) is 4.10. The van der Waals surface area contributed by atoms with Crippen molar-refractivity contribution in [2.75, 3.05) is 18.7 Å². The van der Waals surface area contributed by atoms with Crippen LogP contribution in [0.3, 0.4) is 0 Å². The molecule has 1 amide bonds. The van der Waals surface area contributed by atoms with Gasteiger partial charge in [-0.2, -0.15) is 5.26 Å². The van der Waals surface area contributed by atoms with Crippen LogP contribution >= 0.6 is 0 Å². The van der Waals surface area contributed by atoms with Gasteiger partial charge in [-0.3, -0.25) is 4.79 Å². The fraction of sp³-hybridized carbons (Fsp3) is 0.238. The first-order valence-electron chi connectivity index (χ1n) is 8.58. The van der Waals surface area contributed by atoms with Gasteiger partial charge in [0.05, 0.1) is 6.61 Å². The number of benzene rings is 2. The van der Waals surface area contributed by atoms with E-state index in [2.05, 4.69) is 5.32 Å². The van der Waals surface area contributed by atoms with E-state index in [0.29, 0.717) is 35.1 Å². The molecule has 0 atom stereocenters. The van der Waals surface area contributed by atoms with Crippen molar-refractivity contribution in [3.63, 3.8) is 0 Å². The monoisotopic (exact) mass is 364 g/mol. The van der Waals surface area contributed by atoms with E-state index >= 15 is 0 Å². The van der Waals surface area contributed by atoms with Gasteiger partial charge in [0.25, 0.3) is 5.91 Å². The number of aryl methyl sites for hydroxylation is 2. The Kier molecular flexibility index (Phi) is 5.32. The van der Waals surface area contributed by atoms with Crippen LogP contribution in [0.15, 0.2) is 35.9 Å². The second-order valence-electron chi connectivity index (χ2n) is 6.12. The number of hydrogen-bond donors (Lipinski definition) is 1. The average Bonchev–Trinajstić information content (AvgIpc) is 3.09.